The Balaban J connectivity index is 1.23. The van der Waals surface area contributed by atoms with Gasteiger partial charge >= 0.3 is 6.03 Å². The zero-order valence-electron chi connectivity index (χ0n) is 17.9. The fourth-order valence-electron chi connectivity index (χ4n) is 3.43. The van der Waals surface area contributed by atoms with Gasteiger partial charge < -0.3 is 21.3 Å². The fraction of sp³-hybridized carbons (Fsp3) is 0.130. The molecular weight excluding hydrogens is 439 g/mol. The van der Waals surface area contributed by atoms with Crippen LogP contribution in [0.1, 0.15) is 16.4 Å². The number of para-hydroxylation sites is 1. The molecule has 0 radical (unpaired) electrons. The molecule has 10 nitrogen and oxygen atoms in total. The van der Waals surface area contributed by atoms with E-state index in [1.807, 2.05) is 10.9 Å². The number of halogens is 1. The predicted octanol–water partition coefficient (Wildman–Crippen LogP) is 3.25. The number of nitrogens with one attached hydrogen (secondary N) is 4. The number of nitrogens with zero attached hydrogens (tertiary/aromatic N) is 4. The summed E-state index contributed by atoms with van der Waals surface area (Å²) in [5.74, 6) is -0.807. The number of rotatable bonds is 6. The van der Waals surface area contributed by atoms with Gasteiger partial charge in [-0.05, 0) is 30.3 Å². The Bertz CT molecular complexity index is 1340. The van der Waals surface area contributed by atoms with Gasteiger partial charge in [-0.1, -0.05) is 18.2 Å². The highest BCUT2D eigenvalue weighted by molar-refractivity contribution is 6.04. The first-order valence-corrected chi connectivity index (χ1v) is 10.6. The average Bonchev–Trinajstić information content (AvgIpc) is 3.44. The van der Waals surface area contributed by atoms with E-state index in [0.717, 1.165) is 13.1 Å². The van der Waals surface area contributed by atoms with Crippen molar-refractivity contribution in [3.8, 4) is 5.69 Å². The van der Waals surface area contributed by atoms with Gasteiger partial charge in [-0.15, -0.1) is 0 Å². The number of benzene rings is 2. The van der Waals surface area contributed by atoms with Crippen LogP contribution in [0.4, 0.5) is 26.2 Å². The third-order valence-electron chi connectivity index (χ3n) is 5.33. The van der Waals surface area contributed by atoms with Crippen LogP contribution in [0.3, 0.4) is 0 Å². The molecule has 3 heterocycles. The van der Waals surface area contributed by atoms with Gasteiger partial charge in [-0.25, -0.2) is 13.9 Å². The Hall–Kier alpha value is -4.51. The topological polar surface area (TPSA) is 118 Å². The predicted molar refractivity (Wildman–Crippen MR) is 125 cm³/mol. The second-order valence-electron chi connectivity index (χ2n) is 7.76. The van der Waals surface area contributed by atoms with Gasteiger partial charge in [0.05, 0.1) is 47.4 Å². The third-order valence-corrected chi connectivity index (χ3v) is 5.33. The van der Waals surface area contributed by atoms with Crippen LogP contribution >= 0.6 is 0 Å². The largest absolute Gasteiger partial charge is 0.323 e. The number of carbonyl (C=O) groups excluding carboxylic acids is 2. The highest BCUT2D eigenvalue weighted by Crippen LogP contribution is 2.18. The van der Waals surface area contributed by atoms with E-state index in [-0.39, 0.29) is 11.6 Å². The summed E-state index contributed by atoms with van der Waals surface area (Å²) in [6.07, 6.45) is 6.48. The summed E-state index contributed by atoms with van der Waals surface area (Å²) in [5.41, 5.74) is 2.17. The number of hydrogen-bond acceptors (Lipinski definition) is 5. The van der Waals surface area contributed by atoms with E-state index in [2.05, 4.69) is 31.5 Å². The van der Waals surface area contributed by atoms with Gasteiger partial charge in [0.25, 0.3) is 5.91 Å². The van der Waals surface area contributed by atoms with Crippen LogP contribution in [0.25, 0.3) is 5.69 Å². The molecule has 0 saturated carbocycles. The smallest absolute Gasteiger partial charge is 0.319 e. The lowest BCUT2D eigenvalue weighted by Gasteiger charge is -2.27. The van der Waals surface area contributed by atoms with E-state index < -0.39 is 11.8 Å². The molecule has 2 aromatic carbocycles. The molecular formula is C23H21FN8O2. The first-order chi connectivity index (χ1) is 16.5. The molecule has 0 atom stereocenters. The van der Waals surface area contributed by atoms with Crippen molar-refractivity contribution >= 4 is 29.0 Å². The summed E-state index contributed by atoms with van der Waals surface area (Å²) >= 11 is 0. The second-order valence-corrected chi connectivity index (χ2v) is 7.76. The second kappa shape index (κ2) is 9.16. The molecule has 5 rings (SSSR count). The lowest BCUT2D eigenvalue weighted by Crippen LogP contribution is -2.43. The highest BCUT2D eigenvalue weighted by atomic mass is 19.1. The van der Waals surface area contributed by atoms with E-state index >= 15 is 0 Å². The molecule has 34 heavy (non-hydrogen) atoms. The van der Waals surface area contributed by atoms with Crippen molar-refractivity contribution in [2.24, 2.45) is 0 Å². The van der Waals surface area contributed by atoms with Gasteiger partial charge in [-0.2, -0.15) is 10.2 Å². The Morgan fingerprint density at radius 1 is 0.941 bits per heavy atom. The summed E-state index contributed by atoms with van der Waals surface area (Å²) in [7, 11) is 0. The number of amides is 3. The third kappa shape index (κ3) is 4.64. The number of urea groups is 1. The lowest BCUT2D eigenvalue weighted by molar-refractivity contribution is 0.102. The maximum atomic E-state index is 13.7. The maximum absolute atomic E-state index is 13.7. The van der Waals surface area contributed by atoms with E-state index in [1.54, 1.807) is 42.7 Å². The Labute approximate surface area is 193 Å². The molecule has 3 amide bonds. The van der Waals surface area contributed by atoms with E-state index in [1.165, 1.54) is 29.1 Å². The first kappa shape index (κ1) is 21.3. The number of aromatic nitrogens is 4. The molecule has 1 saturated heterocycles. The fourth-order valence-corrected chi connectivity index (χ4v) is 3.43. The van der Waals surface area contributed by atoms with Crippen LogP contribution in [0.5, 0.6) is 0 Å². The zero-order chi connectivity index (χ0) is 23.5. The van der Waals surface area contributed by atoms with Crippen LogP contribution < -0.4 is 21.3 Å². The zero-order valence-corrected chi connectivity index (χ0v) is 17.9. The van der Waals surface area contributed by atoms with Gasteiger partial charge in [0.1, 0.15) is 5.82 Å². The average molecular weight is 460 g/mol. The monoisotopic (exact) mass is 460 g/mol. The van der Waals surface area contributed by atoms with Crippen LogP contribution in [0.2, 0.25) is 0 Å². The van der Waals surface area contributed by atoms with E-state index in [4.69, 9.17) is 0 Å². The normalized spacial score (nSPS) is 13.2. The van der Waals surface area contributed by atoms with Gasteiger partial charge in [-0.3, -0.25) is 9.48 Å². The molecule has 0 aliphatic carbocycles. The van der Waals surface area contributed by atoms with Crippen molar-refractivity contribution in [1.82, 2.24) is 24.9 Å². The summed E-state index contributed by atoms with van der Waals surface area (Å²) in [6.45, 7) is 1.73. The quantitative estimate of drug-likeness (QED) is 0.352. The van der Waals surface area contributed by atoms with Crippen molar-refractivity contribution in [2.45, 2.75) is 6.04 Å². The number of anilines is 3. The minimum Gasteiger partial charge on any atom is -0.319 e. The van der Waals surface area contributed by atoms with E-state index in [0.29, 0.717) is 28.7 Å². The Morgan fingerprint density at radius 3 is 2.53 bits per heavy atom. The van der Waals surface area contributed by atoms with Crippen LogP contribution in [0.15, 0.2) is 73.3 Å². The summed E-state index contributed by atoms with van der Waals surface area (Å²) in [4.78, 5) is 24.9. The molecule has 11 heteroatoms. The van der Waals surface area contributed by atoms with Crippen LogP contribution in [-0.2, 0) is 0 Å². The molecule has 1 aliphatic rings. The summed E-state index contributed by atoms with van der Waals surface area (Å²) in [6, 6.07) is 12.5. The molecule has 0 bridgehead atoms. The molecule has 172 valence electrons. The highest BCUT2D eigenvalue weighted by Gasteiger charge is 2.20. The first-order valence-electron chi connectivity index (χ1n) is 10.6. The number of carbonyl (C=O) groups is 2. The maximum Gasteiger partial charge on any atom is 0.323 e. The van der Waals surface area contributed by atoms with E-state index in [9.17, 15) is 14.0 Å². The van der Waals surface area contributed by atoms with Crippen molar-refractivity contribution in [3.05, 3.63) is 84.7 Å². The molecule has 4 N–H and O–H groups in total. The molecule has 4 aromatic rings. The number of hydrogen-bond donors (Lipinski definition) is 4. The van der Waals surface area contributed by atoms with Gasteiger partial charge in [0.2, 0.25) is 0 Å². The lowest BCUT2D eigenvalue weighted by atomic mass is 10.2. The van der Waals surface area contributed by atoms with Crippen molar-refractivity contribution in [2.75, 3.05) is 29.0 Å². The standard InChI is InChI=1S/C23H21FN8O2/c24-20-6-1-2-7-21(20)30-23(34)29-17-10-26-31(14-17)18-5-3-4-15(8-18)22(33)28-16-9-27-32(13-16)19-11-25-12-19/h1-10,13-14,19,25H,11-12H2,(H,28,33)(H2,29,30,34). The minimum absolute atomic E-state index is 0.0704. The SMILES string of the molecule is O=C(Nc1cnn(-c2cccc(C(=O)Nc3cnn(C4CNC4)c3)c2)c1)Nc1ccccc1F. The minimum atomic E-state index is -0.601. The summed E-state index contributed by atoms with van der Waals surface area (Å²) < 4.78 is 17.1. The van der Waals surface area contributed by atoms with Crippen LogP contribution in [0, 0.1) is 5.82 Å². The molecule has 1 aliphatic heterocycles. The van der Waals surface area contributed by atoms with Crippen LogP contribution in [-0.4, -0.2) is 44.6 Å². The molecule has 0 unspecified atom stereocenters. The van der Waals surface area contributed by atoms with Crippen molar-refractivity contribution < 1.29 is 14.0 Å². The Kier molecular flexibility index (Phi) is 5.75. The molecule has 0 spiro atoms. The van der Waals surface area contributed by atoms with Gasteiger partial charge in [0.15, 0.2) is 0 Å². The molecule has 1 fully saturated rings. The molecule has 2 aromatic heterocycles. The summed E-state index contributed by atoms with van der Waals surface area (Å²) in [5, 5.41) is 19.6. The van der Waals surface area contributed by atoms with Gasteiger partial charge in [0, 0.05) is 24.8 Å². The van der Waals surface area contributed by atoms with Crippen molar-refractivity contribution in [3.63, 3.8) is 0 Å². The van der Waals surface area contributed by atoms with Crippen molar-refractivity contribution in [1.29, 1.82) is 0 Å². The Morgan fingerprint density at radius 2 is 1.74 bits per heavy atom.